The molecule has 4 heterocycles. The van der Waals surface area contributed by atoms with Crippen molar-refractivity contribution in [3.8, 4) is 16.8 Å². The van der Waals surface area contributed by atoms with E-state index in [0.717, 1.165) is 44.4 Å². The van der Waals surface area contributed by atoms with Crippen molar-refractivity contribution in [3.05, 3.63) is 82.1 Å². The number of rotatable bonds is 4. The summed E-state index contributed by atoms with van der Waals surface area (Å²) in [5.74, 6) is 8.11. The number of aryl methyl sites for hydroxylation is 2. The zero-order valence-electron chi connectivity index (χ0n) is 17.7. The first-order chi connectivity index (χ1) is 15.0. The number of aromatic nitrogens is 5. The van der Waals surface area contributed by atoms with E-state index < -0.39 is 5.44 Å². The predicted molar refractivity (Wildman–Crippen MR) is 126 cm³/mol. The SMILES string of the molecule is C=C/C=C(\C=C/C)Cc1c(C#Cc2cnn(C)c2)sc2c1CO[C@@H](S)c1nnc(C)n1-2. The molecule has 0 bridgehead atoms. The molecule has 0 aromatic carbocycles. The Labute approximate surface area is 191 Å². The molecule has 0 spiro atoms. The molecule has 0 radical (unpaired) electrons. The standard InChI is InChI=1S/C23H23N5OS2/c1-5-7-16(8-6-2)11-18-19-14-29-23(30)21-26-25-15(3)28(21)22(19)31-20(18)10-9-17-12-24-27(4)13-17/h5-8,12-13,23,30H,1,11,14H2,2-4H3/b8-6-,16-7+/t23-/m0/s1. The molecular weight excluding hydrogens is 426 g/mol. The van der Waals surface area contributed by atoms with E-state index in [2.05, 4.69) is 52.4 Å². The van der Waals surface area contributed by atoms with Gasteiger partial charge in [0.15, 0.2) is 11.3 Å². The molecule has 0 saturated heterocycles. The van der Waals surface area contributed by atoms with Gasteiger partial charge in [0.2, 0.25) is 0 Å². The van der Waals surface area contributed by atoms with Crippen molar-refractivity contribution in [2.75, 3.05) is 0 Å². The molecule has 0 saturated carbocycles. The van der Waals surface area contributed by atoms with Gasteiger partial charge in [-0.05, 0) is 31.4 Å². The Bertz CT molecular complexity index is 1250. The normalized spacial score (nSPS) is 15.9. The molecule has 8 heteroatoms. The summed E-state index contributed by atoms with van der Waals surface area (Å²) in [6.45, 7) is 8.24. The molecule has 0 aliphatic carbocycles. The molecule has 0 unspecified atom stereocenters. The monoisotopic (exact) mass is 449 g/mol. The molecule has 1 aliphatic rings. The Kier molecular flexibility index (Phi) is 6.28. The lowest BCUT2D eigenvalue weighted by molar-refractivity contribution is 0.0982. The first kappa shape index (κ1) is 21.4. The molecule has 1 aliphatic heterocycles. The minimum absolute atomic E-state index is 0.433. The summed E-state index contributed by atoms with van der Waals surface area (Å²) in [5, 5.41) is 13.8. The number of ether oxygens (including phenoxy) is 1. The summed E-state index contributed by atoms with van der Waals surface area (Å²) in [7, 11) is 1.88. The summed E-state index contributed by atoms with van der Waals surface area (Å²) in [4.78, 5) is 0.994. The number of thiophene rings is 1. The van der Waals surface area contributed by atoms with Crippen LogP contribution in [0.5, 0.6) is 0 Å². The van der Waals surface area contributed by atoms with Crippen LogP contribution in [-0.4, -0.2) is 24.5 Å². The van der Waals surface area contributed by atoms with Crippen LogP contribution in [0.2, 0.25) is 0 Å². The zero-order valence-corrected chi connectivity index (χ0v) is 19.4. The molecule has 4 rings (SSSR count). The van der Waals surface area contributed by atoms with Gasteiger partial charge in [-0.25, -0.2) is 0 Å². The van der Waals surface area contributed by atoms with Crippen molar-refractivity contribution < 1.29 is 4.74 Å². The van der Waals surface area contributed by atoms with E-state index in [4.69, 9.17) is 4.74 Å². The van der Waals surface area contributed by atoms with Crippen molar-refractivity contribution in [3.63, 3.8) is 0 Å². The fourth-order valence-corrected chi connectivity index (χ4v) is 4.97. The van der Waals surface area contributed by atoms with Crippen LogP contribution in [-0.2, 0) is 24.8 Å². The van der Waals surface area contributed by atoms with Gasteiger partial charge in [-0.2, -0.15) is 5.10 Å². The van der Waals surface area contributed by atoms with Crippen LogP contribution in [0, 0.1) is 18.8 Å². The van der Waals surface area contributed by atoms with Crippen molar-refractivity contribution in [2.45, 2.75) is 32.3 Å². The summed E-state index contributed by atoms with van der Waals surface area (Å²) in [6, 6.07) is 0. The van der Waals surface area contributed by atoms with Crippen LogP contribution < -0.4 is 0 Å². The van der Waals surface area contributed by atoms with Crippen LogP contribution in [0.1, 0.15) is 45.6 Å². The summed E-state index contributed by atoms with van der Waals surface area (Å²) < 4.78 is 9.81. The molecule has 0 fully saturated rings. The van der Waals surface area contributed by atoms with Crippen LogP contribution in [0.3, 0.4) is 0 Å². The highest BCUT2D eigenvalue weighted by molar-refractivity contribution is 7.80. The number of hydrogen-bond acceptors (Lipinski definition) is 6. The third-order valence-electron chi connectivity index (χ3n) is 4.87. The van der Waals surface area contributed by atoms with Gasteiger partial charge >= 0.3 is 0 Å². The van der Waals surface area contributed by atoms with E-state index in [-0.39, 0.29) is 0 Å². The molecule has 31 heavy (non-hydrogen) atoms. The van der Waals surface area contributed by atoms with Gasteiger partial charge in [0.25, 0.3) is 0 Å². The fraction of sp³-hybridized carbons (Fsp3) is 0.261. The minimum atomic E-state index is -0.433. The Morgan fingerprint density at radius 2 is 2.26 bits per heavy atom. The summed E-state index contributed by atoms with van der Waals surface area (Å²) in [6.07, 6.45) is 12.4. The zero-order chi connectivity index (χ0) is 22.0. The van der Waals surface area contributed by atoms with Crippen molar-refractivity contribution >= 4 is 24.0 Å². The molecule has 0 N–H and O–H groups in total. The largest absolute Gasteiger partial charge is 0.355 e. The number of hydrogen-bond donors (Lipinski definition) is 1. The average molecular weight is 450 g/mol. The topological polar surface area (TPSA) is 57.8 Å². The number of thiol groups is 1. The molecule has 0 amide bonds. The Balaban J connectivity index is 1.89. The lowest BCUT2D eigenvalue weighted by atomic mass is 10.0. The predicted octanol–water partition coefficient (Wildman–Crippen LogP) is 4.46. The number of nitrogens with zero attached hydrogens (tertiary/aromatic N) is 5. The van der Waals surface area contributed by atoms with Crippen molar-refractivity contribution in [1.82, 2.24) is 24.5 Å². The van der Waals surface area contributed by atoms with E-state index in [9.17, 15) is 0 Å². The van der Waals surface area contributed by atoms with Gasteiger partial charge < -0.3 is 4.74 Å². The first-order valence-electron chi connectivity index (χ1n) is 9.83. The van der Waals surface area contributed by atoms with Gasteiger partial charge in [-0.1, -0.05) is 42.7 Å². The third-order valence-corrected chi connectivity index (χ3v) is 6.43. The molecule has 3 aromatic heterocycles. The van der Waals surface area contributed by atoms with Crippen LogP contribution in [0.4, 0.5) is 0 Å². The highest BCUT2D eigenvalue weighted by Gasteiger charge is 2.29. The van der Waals surface area contributed by atoms with Gasteiger partial charge in [-0.3, -0.25) is 9.25 Å². The average Bonchev–Trinajstić information content (AvgIpc) is 3.40. The molecule has 6 nitrogen and oxygen atoms in total. The van der Waals surface area contributed by atoms with E-state index in [1.165, 1.54) is 0 Å². The van der Waals surface area contributed by atoms with Gasteiger partial charge in [-0.15, -0.1) is 34.2 Å². The minimum Gasteiger partial charge on any atom is -0.355 e. The Morgan fingerprint density at radius 1 is 1.42 bits per heavy atom. The fourth-order valence-electron chi connectivity index (χ4n) is 3.49. The van der Waals surface area contributed by atoms with Crippen molar-refractivity contribution in [2.24, 2.45) is 7.05 Å². The molecule has 158 valence electrons. The second-order valence-corrected chi connectivity index (χ2v) is 8.57. The molecular formula is C23H23N5OS2. The number of allylic oxidation sites excluding steroid dienone is 5. The van der Waals surface area contributed by atoms with Gasteiger partial charge in [0.05, 0.1) is 23.2 Å². The lowest BCUT2D eigenvalue weighted by Crippen LogP contribution is -2.02. The number of fused-ring (bicyclic) bond motifs is 3. The van der Waals surface area contributed by atoms with Crippen LogP contribution >= 0.6 is 24.0 Å². The third kappa shape index (κ3) is 4.30. The van der Waals surface area contributed by atoms with E-state index in [0.29, 0.717) is 12.4 Å². The summed E-state index contributed by atoms with van der Waals surface area (Å²) in [5.41, 5.74) is 3.83. The quantitative estimate of drug-likeness (QED) is 0.363. The van der Waals surface area contributed by atoms with E-state index in [1.807, 2.05) is 49.9 Å². The second-order valence-electron chi connectivity index (χ2n) is 7.10. The van der Waals surface area contributed by atoms with Gasteiger partial charge in [0.1, 0.15) is 10.8 Å². The smallest absolute Gasteiger partial charge is 0.177 e. The maximum atomic E-state index is 6.02. The van der Waals surface area contributed by atoms with Crippen LogP contribution in [0.25, 0.3) is 5.00 Å². The highest BCUT2D eigenvalue weighted by Crippen LogP contribution is 2.40. The lowest BCUT2D eigenvalue weighted by Gasteiger charge is -2.08. The summed E-state index contributed by atoms with van der Waals surface area (Å²) >= 11 is 6.21. The van der Waals surface area contributed by atoms with Crippen LogP contribution in [0.15, 0.2) is 48.8 Å². The first-order valence-corrected chi connectivity index (χ1v) is 11.2. The van der Waals surface area contributed by atoms with Crippen molar-refractivity contribution in [1.29, 1.82) is 0 Å². The van der Waals surface area contributed by atoms with E-state index in [1.54, 1.807) is 22.2 Å². The molecule has 1 atom stereocenters. The van der Waals surface area contributed by atoms with Gasteiger partial charge in [0, 0.05) is 18.8 Å². The second kappa shape index (κ2) is 9.10. The Hall–Kier alpha value is -2.86. The van der Waals surface area contributed by atoms with E-state index >= 15 is 0 Å². The maximum Gasteiger partial charge on any atom is 0.177 e. The highest BCUT2D eigenvalue weighted by atomic mass is 32.1. The maximum absolute atomic E-state index is 6.02. The molecule has 3 aromatic rings. The Morgan fingerprint density at radius 3 is 2.97 bits per heavy atom.